The van der Waals surface area contributed by atoms with Gasteiger partial charge >= 0.3 is 0 Å². The van der Waals surface area contributed by atoms with Gasteiger partial charge in [-0.2, -0.15) is 0 Å². The van der Waals surface area contributed by atoms with Crippen LogP contribution < -0.4 is 20.5 Å². The number of amides is 1. The molecule has 1 unspecified atom stereocenters. The van der Waals surface area contributed by atoms with Crippen LogP contribution in [-0.4, -0.2) is 18.7 Å². The molecule has 1 amide bonds. The highest BCUT2D eigenvalue weighted by Crippen LogP contribution is 2.38. The van der Waals surface area contributed by atoms with Crippen LogP contribution in [0.2, 0.25) is 0 Å². The predicted octanol–water partition coefficient (Wildman–Crippen LogP) is 0.237. The zero-order chi connectivity index (χ0) is 10.4. The third kappa shape index (κ3) is 1.24. The summed E-state index contributed by atoms with van der Waals surface area (Å²) in [6.45, 7) is 0.234. The highest BCUT2D eigenvalue weighted by Gasteiger charge is 2.26. The summed E-state index contributed by atoms with van der Waals surface area (Å²) in [6.07, 6.45) is 0.539. The van der Waals surface area contributed by atoms with Gasteiger partial charge in [0.05, 0.1) is 6.04 Å². The van der Waals surface area contributed by atoms with Gasteiger partial charge in [-0.05, 0) is 18.1 Å². The first-order valence-electron chi connectivity index (χ1n) is 4.73. The Morgan fingerprint density at radius 3 is 2.87 bits per heavy atom. The summed E-state index contributed by atoms with van der Waals surface area (Å²) in [6, 6.07) is 3.18. The van der Waals surface area contributed by atoms with Crippen molar-refractivity contribution in [1.82, 2.24) is 0 Å². The number of benzene rings is 1. The average Bonchev–Trinajstić information content (AvgIpc) is 2.63. The van der Waals surface area contributed by atoms with E-state index in [1.807, 2.05) is 6.07 Å². The highest BCUT2D eigenvalue weighted by atomic mass is 16.7. The molecule has 1 atom stereocenters. The van der Waals surface area contributed by atoms with E-state index >= 15 is 0 Å². The minimum absolute atomic E-state index is 0.152. The van der Waals surface area contributed by atoms with Crippen LogP contribution in [-0.2, 0) is 11.2 Å². The molecule has 5 nitrogen and oxygen atoms in total. The Morgan fingerprint density at radius 2 is 2.07 bits per heavy atom. The zero-order valence-electron chi connectivity index (χ0n) is 7.95. The van der Waals surface area contributed by atoms with E-state index in [2.05, 4.69) is 5.32 Å². The van der Waals surface area contributed by atoms with Gasteiger partial charge in [0.1, 0.15) is 0 Å². The van der Waals surface area contributed by atoms with Crippen LogP contribution in [0.5, 0.6) is 11.5 Å². The monoisotopic (exact) mass is 206 g/mol. The van der Waals surface area contributed by atoms with Gasteiger partial charge in [-0.25, -0.2) is 0 Å². The lowest BCUT2D eigenvalue weighted by atomic mass is 9.99. The van der Waals surface area contributed by atoms with E-state index in [9.17, 15) is 4.79 Å². The quantitative estimate of drug-likeness (QED) is 0.637. The summed E-state index contributed by atoms with van der Waals surface area (Å²) in [5, 5.41) is 2.74. The summed E-state index contributed by atoms with van der Waals surface area (Å²) in [7, 11) is 0. The molecule has 2 aliphatic heterocycles. The standard InChI is InChI=1S/C10H10N2O3/c11-6-1-5-2-8-9(15-4-14-8)3-7(5)12-10(6)13/h2-3,6H,1,4,11H2,(H,12,13). The first-order valence-corrected chi connectivity index (χ1v) is 4.73. The van der Waals surface area contributed by atoms with E-state index in [4.69, 9.17) is 15.2 Å². The molecule has 0 aliphatic carbocycles. The van der Waals surface area contributed by atoms with E-state index in [1.54, 1.807) is 6.07 Å². The predicted molar refractivity (Wildman–Crippen MR) is 52.9 cm³/mol. The Bertz CT molecular complexity index is 445. The van der Waals surface area contributed by atoms with Crippen molar-refractivity contribution in [3.8, 4) is 11.5 Å². The van der Waals surface area contributed by atoms with Gasteiger partial charge in [0, 0.05) is 11.8 Å². The highest BCUT2D eigenvalue weighted by molar-refractivity contribution is 5.98. The molecule has 0 fully saturated rings. The number of fused-ring (bicyclic) bond motifs is 2. The summed E-state index contributed by atoms with van der Waals surface area (Å²) in [4.78, 5) is 11.3. The van der Waals surface area contributed by atoms with E-state index in [0.717, 1.165) is 17.0 Å². The van der Waals surface area contributed by atoms with Crippen molar-refractivity contribution in [2.75, 3.05) is 12.1 Å². The van der Waals surface area contributed by atoms with Crippen LogP contribution in [0.1, 0.15) is 5.56 Å². The third-order valence-electron chi connectivity index (χ3n) is 2.63. The topological polar surface area (TPSA) is 73.6 Å². The largest absolute Gasteiger partial charge is 0.454 e. The van der Waals surface area contributed by atoms with E-state index in [-0.39, 0.29) is 12.7 Å². The van der Waals surface area contributed by atoms with Crippen LogP contribution >= 0.6 is 0 Å². The summed E-state index contributed by atoms with van der Waals surface area (Å²) in [5.41, 5.74) is 7.42. The average molecular weight is 206 g/mol. The SMILES string of the molecule is NC1Cc2cc3c(cc2NC1=O)OCO3. The maximum Gasteiger partial charge on any atom is 0.241 e. The van der Waals surface area contributed by atoms with Gasteiger partial charge in [-0.15, -0.1) is 0 Å². The van der Waals surface area contributed by atoms with Gasteiger partial charge < -0.3 is 20.5 Å². The number of carbonyl (C=O) groups excluding carboxylic acids is 1. The molecule has 1 aromatic carbocycles. The number of hydrogen-bond acceptors (Lipinski definition) is 4. The van der Waals surface area contributed by atoms with Crippen LogP contribution in [0.3, 0.4) is 0 Å². The molecular weight excluding hydrogens is 196 g/mol. The number of ether oxygens (including phenoxy) is 2. The minimum Gasteiger partial charge on any atom is -0.454 e. The van der Waals surface area contributed by atoms with Crippen LogP contribution in [0.4, 0.5) is 5.69 Å². The summed E-state index contributed by atoms with van der Waals surface area (Å²) >= 11 is 0. The van der Waals surface area contributed by atoms with Gasteiger partial charge in [0.2, 0.25) is 12.7 Å². The van der Waals surface area contributed by atoms with Crippen molar-refractivity contribution in [2.45, 2.75) is 12.5 Å². The molecule has 2 aliphatic rings. The molecular formula is C10H10N2O3. The fraction of sp³-hybridized carbons (Fsp3) is 0.300. The van der Waals surface area contributed by atoms with Crippen LogP contribution in [0.15, 0.2) is 12.1 Å². The van der Waals surface area contributed by atoms with Crippen molar-refractivity contribution >= 4 is 11.6 Å². The molecule has 5 heteroatoms. The molecule has 0 saturated heterocycles. The van der Waals surface area contributed by atoms with E-state index < -0.39 is 6.04 Å². The van der Waals surface area contributed by atoms with Crippen LogP contribution in [0, 0.1) is 0 Å². The summed E-state index contributed by atoms with van der Waals surface area (Å²) < 4.78 is 10.5. The Balaban J connectivity index is 2.07. The zero-order valence-corrected chi connectivity index (χ0v) is 7.95. The molecule has 0 radical (unpaired) electrons. The second-order valence-corrected chi connectivity index (χ2v) is 3.66. The molecule has 2 heterocycles. The van der Waals surface area contributed by atoms with Crippen molar-refractivity contribution in [3.05, 3.63) is 17.7 Å². The number of nitrogens with two attached hydrogens (primary N) is 1. The Kier molecular flexibility index (Phi) is 1.63. The number of nitrogens with one attached hydrogen (secondary N) is 1. The normalized spacial score (nSPS) is 22.2. The molecule has 0 saturated carbocycles. The smallest absolute Gasteiger partial charge is 0.241 e. The van der Waals surface area contributed by atoms with Gasteiger partial charge in [-0.1, -0.05) is 0 Å². The minimum atomic E-state index is -0.474. The molecule has 1 aromatic rings. The maximum absolute atomic E-state index is 11.3. The Labute approximate surface area is 86.2 Å². The second-order valence-electron chi connectivity index (χ2n) is 3.66. The van der Waals surface area contributed by atoms with E-state index in [1.165, 1.54) is 0 Å². The Hall–Kier alpha value is -1.75. The third-order valence-corrected chi connectivity index (χ3v) is 2.63. The molecule has 78 valence electrons. The lowest BCUT2D eigenvalue weighted by Gasteiger charge is -2.21. The number of anilines is 1. The number of rotatable bonds is 0. The van der Waals surface area contributed by atoms with Crippen molar-refractivity contribution in [3.63, 3.8) is 0 Å². The molecule has 0 spiro atoms. The molecule has 3 rings (SSSR count). The van der Waals surface area contributed by atoms with Crippen molar-refractivity contribution in [2.24, 2.45) is 5.73 Å². The van der Waals surface area contributed by atoms with Crippen LogP contribution in [0.25, 0.3) is 0 Å². The first kappa shape index (κ1) is 8.55. The van der Waals surface area contributed by atoms with E-state index in [0.29, 0.717) is 12.2 Å². The molecule has 15 heavy (non-hydrogen) atoms. The lowest BCUT2D eigenvalue weighted by Crippen LogP contribution is -2.40. The first-order chi connectivity index (χ1) is 7.24. The van der Waals surface area contributed by atoms with Crippen molar-refractivity contribution in [1.29, 1.82) is 0 Å². The fourth-order valence-corrected chi connectivity index (χ4v) is 1.82. The van der Waals surface area contributed by atoms with Crippen molar-refractivity contribution < 1.29 is 14.3 Å². The number of hydrogen-bond donors (Lipinski definition) is 2. The van der Waals surface area contributed by atoms with Gasteiger partial charge in [-0.3, -0.25) is 4.79 Å². The van der Waals surface area contributed by atoms with Gasteiger partial charge in [0.15, 0.2) is 11.5 Å². The number of carbonyl (C=O) groups is 1. The summed E-state index contributed by atoms with van der Waals surface area (Å²) in [5.74, 6) is 1.24. The lowest BCUT2D eigenvalue weighted by molar-refractivity contribution is -0.117. The maximum atomic E-state index is 11.3. The molecule has 3 N–H and O–H groups in total. The molecule has 0 bridgehead atoms. The second kappa shape index (κ2) is 2.87. The Morgan fingerprint density at radius 1 is 1.33 bits per heavy atom. The molecule has 0 aromatic heterocycles. The fourth-order valence-electron chi connectivity index (χ4n) is 1.82. The van der Waals surface area contributed by atoms with Gasteiger partial charge in [0.25, 0.3) is 0 Å².